The van der Waals surface area contributed by atoms with Gasteiger partial charge in [0.2, 0.25) is 17.1 Å². The topological polar surface area (TPSA) is 98.4 Å². The van der Waals surface area contributed by atoms with Crippen molar-refractivity contribution in [3.63, 3.8) is 0 Å². The van der Waals surface area contributed by atoms with Crippen LogP contribution in [0.2, 0.25) is 0 Å². The van der Waals surface area contributed by atoms with Gasteiger partial charge in [0.05, 0.1) is 46.3 Å². The normalized spacial score (nSPS) is 17.1. The molecule has 2 N–H and O–H groups in total. The number of nitrogens with one attached hydrogen (secondary N) is 2. The van der Waals surface area contributed by atoms with Gasteiger partial charge in [-0.05, 0) is 60.7 Å². The molecule has 0 spiro atoms. The molecule has 0 saturated carbocycles. The Kier molecular flexibility index (Phi) is 8.89. The molecule has 1 heterocycles. The molecule has 200 valence electrons. The van der Waals surface area contributed by atoms with Crippen LogP contribution in [0.1, 0.15) is 36.9 Å². The van der Waals surface area contributed by atoms with Gasteiger partial charge in [-0.2, -0.15) is 0 Å². The number of methoxy groups -OCH3 is 3. The number of ether oxygens (including phenoxy) is 4. The number of rotatable bonds is 9. The Morgan fingerprint density at radius 2 is 1.84 bits per heavy atom. The van der Waals surface area contributed by atoms with E-state index < -0.39 is 0 Å². The lowest BCUT2D eigenvalue weighted by atomic mass is 9.95. The predicted octanol–water partition coefficient (Wildman–Crippen LogP) is 3.00. The molecule has 0 bridgehead atoms. The summed E-state index contributed by atoms with van der Waals surface area (Å²) in [7, 11) is 4.76. The number of carbonyl (C=O) groups excluding carboxylic acids is 1. The minimum atomic E-state index is -0.323. The molecule has 9 heteroatoms. The fraction of sp³-hybridized carbons (Fsp3) is 0.500. The predicted molar refractivity (Wildman–Crippen MR) is 143 cm³/mol. The first-order valence-corrected chi connectivity index (χ1v) is 12.8. The molecule has 1 amide bonds. The largest absolute Gasteiger partial charge is 0.493 e. The third-order valence-corrected chi connectivity index (χ3v) is 6.99. The van der Waals surface area contributed by atoms with E-state index in [2.05, 4.69) is 15.5 Å². The first kappa shape index (κ1) is 26.8. The van der Waals surface area contributed by atoms with Crippen LogP contribution in [0.5, 0.6) is 17.2 Å². The van der Waals surface area contributed by atoms with Crippen molar-refractivity contribution >= 4 is 11.6 Å². The summed E-state index contributed by atoms with van der Waals surface area (Å²) in [5.74, 6) is 1.46. The molecule has 2 aliphatic rings. The van der Waals surface area contributed by atoms with Crippen molar-refractivity contribution in [2.75, 3.05) is 66.0 Å². The van der Waals surface area contributed by atoms with E-state index in [1.165, 1.54) is 6.92 Å². The van der Waals surface area contributed by atoms with Crippen molar-refractivity contribution in [1.82, 2.24) is 10.2 Å². The molecule has 1 aliphatic heterocycles. The van der Waals surface area contributed by atoms with E-state index in [1.807, 2.05) is 18.2 Å². The second-order valence-corrected chi connectivity index (χ2v) is 9.33. The number of fused-ring (bicyclic) bond motifs is 3. The van der Waals surface area contributed by atoms with Crippen molar-refractivity contribution in [3.8, 4) is 28.4 Å². The number of benzene rings is 1. The highest BCUT2D eigenvalue weighted by molar-refractivity contribution is 5.83. The highest BCUT2D eigenvalue weighted by Crippen LogP contribution is 2.50. The number of aryl methyl sites for hydroxylation is 1. The van der Waals surface area contributed by atoms with E-state index in [9.17, 15) is 9.59 Å². The van der Waals surface area contributed by atoms with Crippen LogP contribution in [0.3, 0.4) is 0 Å². The fourth-order valence-electron chi connectivity index (χ4n) is 5.20. The zero-order valence-corrected chi connectivity index (χ0v) is 22.1. The van der Waals surface area contributed by atoms with Crippen LogP contribution >= 0.6 is 0 Å². The highest BCUT2D eigenvalue weighted by Gasteiger charge is 2.29. The van der Waals surface area contributed by atoms with Gasteiger partial charge in [-0.15, -0.1) is 0 Å². The van der Waals surface area contributed by atoms with E-state index in [0.29, 0.717) is 42.3 Å². The number of anilines is 1. The van der Waals surface area contributed by atoms with E-state index in [-0.39, 0.29) is 17.4 Å². The maximum Gasteiger partial charge on any atom is 0.217 e. The second-order valence-electron chi connectivity index (χ2n) is 9.33. The van der Waals surface area contributed by atoms with Crippen LogP contribution < -0.4 is 30.3 Å². The van der Waals surface area contributed by atoms with Gasteiger partial charge in [-0.25, -0.2) is 0 Å². The molecule has 4 rings (SSSR count). The Morgan fingerprint density at radius 3 is 2.51 bits per heavy atom. The highest BCUT2D eigenvalue weighted by atomic mass is 16.5. The maximum atomic E-state index is 13.3. The average molecular weight is 512 g/mol. The third-order valence-electron chi connectivity index (χ3n) is 6.99. The number of hydrogen-bond donors (Lipinski definition) is 2. The molecular weight excluding hydrogens is 474 g/mol. The van der Waals surface area contributed by atoms with Crippen LogP contribution in [0.25, 0.3) is 11.1 Å². The third kappa shape index (κ3) is 5.99. The maximum absolute atomic E-state index is 13.3. The first-order valence-electron chi connectivity index (χ1n) is 12.8. The summed E-state index contributed by atoms with van der Waals surface area (Å²) in [5.41, 5.74) is 3.83. The van der Waals surface area contributed by atoms with Crippen molar-refractivity contribution in [2.24, 2.45) is 0 Å². The first-order chi connectivity index (χ1) is 18.0. The van der Waals surface area contributed by atoms with Crippen LogP contribution in [0, 0.1) is 0 Å². The van der Waals surface area contributed by atoms with E-state index in [1.54, 1.807) is 27.4 Å². The lowest BCUT2D eigenvalue weighted by Gasteiger charge is -2.26. The molecule has 9 nitrogen and oxygen atoms in total. The standard InChI is InChI=1S/C28H37N3O6/c1-18(32)30-22-8-6-19-16-25(34-2)27(35-3)28(36-4)26(19)20-7-9-23(24(33)17-21(20)22)29-10-5-11-31-12-14-37-15-13-31/h7,9,16-17,22H,5-6,8,10-15H2,1-4H3,(H,29,33)(H,30,32). The van der Waals surface area contributed by atoms with Gasteiger partial charge in [0.1, 0.15) is 0 Å². The minimum absolute atomic E-state index is 0.120. The molecule has 2 aromatic carbocycles. The van der Waals surface area contributed by atoms with E-state index in [0.717, 1.165) is 61.5 Å². The molecule has 1 unspecified atom stereocenters. The van der Waals surface area contributed by atoms with Crippen molar-refractivity contribution in [2.45, 2.75) is 32.2 Å². The van der Waals surface area contributed by atoms with Crippen molar-refractivity contribution in [3.05, 3.63) is 45.6 Å². The summed E-state index contributed by atoms with van der Waals surface area (Å²) < 4.78 is 22.5. The molecule has 1 fully saturated rings. The number of nitrogens with zero attached hydrogens (tertiary/aromatic N) is 1. The van der Waals surface area contributed by atoms with Gasteiger partial charge in [0.15, 0.2) is 11.5 Å². The number of carbonyl (C=O) groups is 1. The molecule has 0 radical (unpaired) electrons. The molecule has 0 aromatic heterocycles. The van der Waals surface area contributed by atoms with E-state index in [4.69, 9.17) is 18.9 Å². The van der Waals surface area contributed by atoms with Gasteiger partial charge in [-0.1, -0.05) is 6.07 Å². The van der Waals surface area contributed by atoms with Gasteiger partial charge >= 0.3 is 0 Å². The van der Waals surface area contributed by atoms with Gasteiger partial charge in [-0.3, -0.25) is 14.5 Å². The molecule has 1 aliphatic carbocycles. The lowest BCUT2D eigenvalue weighted by molar-refractivity contribution is -0.119. The summed E-state index contributed by atoms with van der Waals surface area (Å²) >= 11 is 0. The van der Waals surface area contributed by atoms with Gasteiger partial charge in [0, 0.05) is 32.1 Å². The average Bonchev–Trinajstić information content (AvgIpc) is 3.14. The zero-order valence-electron chi connectivity index (χ0n) is 22.1. The Morgan fingerprint density at radius 1 is 1.08 bits per heavy atom. The van der Waals surface area contributed by atoms with Gasteiger partial charge < -0.3 is 29.6 Å². The van der Waals surface area contributed by atoms with Crippen LogP contribution in [0.4, 0.5) is 5.69 Å². The Balaban J connectivity index is 1.73. The Bertz CT molecular complexity index is 1180. The van der Waals surface area contributed by atoms with Gasteiger partial charge in [0.25, 0.3) is 0 Å². The number of morpholine rings is 1. The van der Waals surface area contributed by atoms with Crippen molar-refractivity contribution in [1.29, 1.82) is 0 Å². The van der Waals surface area contributed by atoms with Crippen LogP contribution in [-0.4, -0.2) is 71.5 Å². The SMILES string of the molecule is COc1cc2c(c(OC)c1OC)-c1ccc(NCCCN3CCOCC3)c(=O)cc1C(NC(C)=O)CC2. The summed E-state index contributed by atoms with van der Waals surface area (Å²) in [6.07, 6.45) is 2.21. The van der Waals surface area contributed by atoms with Crippen LogP contribution in [-0.2, 0) is 16.0 Å². The van der Waals surface area contributed by atoms with E-state index >= 15 is 0 Å². The second kappa shape index (κ2) is 12.3. The Labute approximate surface area is 218 Å². The minimum Gasteiger partial charge on any atom is -0.493 e. The summed E-state index contributed by atoms with van der Waals surface area (Å²) in [6.45, 7) is 6.56. The molecule has 1 saturated heterocycles. The van der Waals surface area contributed by atoms with Crippen LogP contribution in [0.15, 0.2) is 29.1 Å². The lowest BCUT2D eigenvalue weighted by Crippen LogP contribution is -2.37. The summed E-state index contributed by atoms with van der Waals surface area (Å²) in [4.78, 5) is 27.8. The number of amides is 1. The molecule has 37 heavy (non-hydrogen) atoms. The Hall–Kier alpha value is -3.30. The zero-order chi connectivity index (χ0) is 26.4. The monoisotopic (exact) mass is 511 g/mol. The molecule has 1 atom stereocenters. The molecular formula is C28H37N3O6. The van der Waals surface area contributed by atoms with Crippen molar-refractivity contribution < 1.29 is 23.7 Å². The smallest absolute Gasteiger partial charge is 0.217 e. The molecule has 2 aromatic rings. The fourth-order valence-corrected chi connectivity index (χ4v) is 5.20. The summed E-state index contributed by atoms with van der Waals surface area (Å²) in [5, 5.41) is 6.37. The number of hydrogen-bond acceptors (Lipinski definition) is 8. The summed E-state index contributed by atoms with van der Waals surface area (Å²) in [6, 6.07) is 7.04. The quantitative estimate of drug-likeness (QED) is 0.496.